The zero-order valence-corrected chi connectivity index (χ0v) is 11.3. The van der Waals surface area contributed by atoms with Crippen molar-refractivity contribution in [3.8, 4) is 0 Å². The number of hydrogen-bond acceptors (Lipinski definition) is 4. The summed E-state index contributed by atoms with van der Waals surface area (Å²) in [5.74, 6) is 0. The van der Waals surface area contributed by atoms with Gasteiger partial charge in [0.25, 0.3) is 0 Å². The highest BCUT2D eigenvalue weighted by Crippen LogP contribution is 2.32. The first kappa shape index (κ1) is 13.5. The molecule has 1 atom stereocenters. The Bertz CT molecular complexity index is 378. The van der Waals surface area contributed by atoms with E-state index in [1.54, 1.807) is 0 Å². The summed E-state index contributed by atoms with van der Waals surface area (Å²) >= 11 is 0. The maximum absolute atomic E-state index is 8.66. The Labute approximate surface area is 108 Å². The maximum atomic E-state index is 8.66. The van der Waals surface area contributed by atoms with Gasteiger partial charge in [0.15, 0.2) is 0 Å². The Morgan fingerprint density at radius 1 is 1.56 bits per heavy atom. The molecule has 1 N–H and O–H groups in total. The monoisotopic (exact) mass is 253 g/mol. The van der Waals surface area contributed by atoms with E-state index >= 15 is 0 Å². The predicted molar refractivity (Wildman–Crippen MR) is 69.4 cm³/mol. The van der Waals surface area contributed by atoms with Gasteiger partial charge in [0.2, 0.25) is 0 Å². The SMILES string of the molecule is CN(CCOCCO)C1CCCc2c1cnn2C. The molecule has 1 aromatic rings. The molecule has 1 heterocycles. The Morgan fingerprint density at radius 3 is 3.17 bits per heavy atom. The van der Waals surface area contributed by atoms with Crippen LogP contribution in [0.5, 0.6) is 0 Å². The van der Waals surface area contributed by atoms with Crippen LogP contribution in [0.15, 0.2) is 6.20 Å². The number of ether oxygens (including phenoxy) is 1. The number of aryl methyl sites for hydroxylation is 1. The molecule has 1 aromatic heterocycles. The molecule has 0 spiro atoms. The minimum absolute atomic E-state index is 0.0971. The van der Waals surface area contributed by atoms with E-state index in [9.17, 15) is 0 Å². The second-order valence-corrected chi connectivity index (χ2v) is 4.89. The highest BCUT2D eigenvalue weighted by atomic mass is 16.5. The molecule has 5 heteroatoms. The van der Waals surface area contributed by atoms with Crippen molar-refractivity contribution in [3.63, 3.8) is 0 Å². The second kappa shape index (κ2) is 6.31. The predicted octanol–water partition coefficient (Wildman–Crippen LogP) is 0.738. The van der Waals surface area contributed by atoms with Crippen LogP contribution in [0.2, 0.25) is 0 Å². The second-order valence-electron chi connectivity index (χ2n) is 4.89. The number of hydrogen-bond donors (Lipinski definition) is 1. The molecular weight excluding hydrogens is 230 g/mol. The van der Waals surface area contributed by atoms with Crippen molar-refractivity contribution in [2.75, 3.05) is 33.4 Å². The normalized spacial score (nSPS) is 19.2. The van der Waals surface area contributed by atoms with Crippen molar-refractivity contribution in [2.24, 2.45) is 7.05 Å². The lowest BCUT2D eigenvalue weighted by Gasteiger charge is -2.31. The molecule has 0 saturated carbocycles. The van der Waals surface area contributed by atoms with E-state index in [0.717, 1.165) is 13.0 Å². The van der Waals surface area contributed by atoms with Crippen LogP contribution in [0.4, 0.5) is 0 Å². The third-order valence-electron chi connectivity index (χ3n) is 3.70. The molecule has 0 aromatic carbocycles. The fraction of sp³-hybridized carbons (Fsp3) is 0.769. The molecule has 1 aliphatic carbocycles. The zero-order chi connectivity index (χ0) is 13.0. The number of aromatic nitrogens is 2. The molecule has 0 bridgehead atoms. The smallest absolute Gasteiger partial charge is 0.0698 e. The number of aliphatic hydroxyl groups is 1. The Kier molecular flexibility index (Phi) is 4.74. The van der Waals surface area contributed by atoms with E-state index in [1.807, 2.05) is 17.9 Å². The van der Waals surface area contributed by atoms with E-state index in [4.69, 9.17) is 9.84 Å². The average molecular weight is 253 g/mol. The third-order valence-corrected chi connectivity index (χ3v) is 3.70. The summed E-state index contributed by atoms with van der Waals surface area (Å²) in [6.45, 7) is 2.08. The number of fused-ring (bicyclic) bond motifs is 1. The summed E-state index contributed by atoms with van der Waals surface area (Å²) in [7, 11) is 4.15. The van der Waals surface area contributed by atoms with Crippen LogP contribution in [0, 0.1) is 0 Å². The zero-order valence-electron chi connectivity index (χ0n) is 11.3. The van der Waals surface area contributed by atoms with Gasteiger partial charge >= 0.3 is 0 Å². The third kappa shape index (κ3) is 2.91. The van der Waals surface area contributed by atoms with Crippen LogP contribution in [0.1, 0.15) is 30.1 Å². The molecular formula is C13H23N3O2. The van der Waals surface area contributed by atoms with E-state index in [0.29, 0.717) is 19.3 Å². The fourth-order valence-corrected chi connectivity index (χ4v) is 2.67. The molecule has 0 saturated heterocycles. The van der Waals surface area contributed by atoms with Crippen LogP contribution in [0.25, 0.3) is 0 Å². The van der Waals surface area contributed by atoms with Gasteiger partial charge in [0.05, 0.1) is 26.0 Å². The van der Waals surface area contributed by atoms with Crippen molar-refractivity contribution in [3.05, 3.63) is 17.5 Å². The first-order valence-corrected chi connectivity index (χ1v) is 6.63. The van der Waals surface area contributed by atoms with Gasteiger partial charge in [-0.25, -0.2) is 0 Å². The van der Waals surface area contributed by atoms with Crippen LogP contribution in [-0.2, 0) is 18.2 Å². The Balaban J connectivity index is 1.93. The van der Waals surface area contributed by atoms with Crippen LogP contribution in [-0.4, -0.2) is 53.2 Å². The van der Waals surface area contributed by atoms with Gasteiger partial charge in [0, 0.05) is 30.9 Å². The average Bonchev–Trinajstić information content (AvgIpc) is 2.76. The molecule has 0 aliphatic heterocycles. The van der Waals surface area contributed by atoms with Crippen LogP contribution < -0.4 is 0 Å². The summed E-state index contributed by atoms with van der Waals surface area (Å²) in [5.41, 5.74) is 2.74. The fourth-order valence-electron chi connectivity index (χ4n) is 2.67. The molecule has 2 rings (SSSR count). The Morgan fingerprint density at radius 2 is 2.39 bits per heavy atom. The van der Waals surface area contributed by atoms with E-state index < -0.39 is 0 Å². The minimum atomic E-state index is 0.0971. The molecule has 1 aliphatic rings. The lowest BCUT2D eigenvalue weighted by atomic mass is 9.92. The van der Waals surface area contributed by atoms with Gasteiger partial charge in [-0.2, -0.15) is 5.10 Å². The Hall–Kier alpha value is -0.910. The van der Waals surface area contributed by atoms with Crippen LogP contribution in [0.3, 0.4) is 0 Å². The molecule has 0 radical (unpaired) electrons. The topological polar surface area (TPSA) is 50.5 Å². The number of aliphatic hydroxyl groups excluding tert-OH is 1. The molecule has 18 heavy (non-hydrogen) atoms. The van der Waals surface area contributed by atoms with E-state index in [2.05, 4.69) is 17.0 Å². The summed E-state index contributed by atoms with van der Waals surface area (Å²) < 4.78 is 7.32. The largest absolute Gasteiger partial charge is 0.394 e. The summed E-state index contributed by atoms with van der Waals surface area (Å²) in [6.07, 6.45) is 5.55. The van der Waals surface area contributed by atoms with Gasteiger partial charge in [-0.05, 0) is 26.3 Å². The van der Waals surface area contributed by atoms with Gasteiger partial charge < -0.3 is 9.84 Å². The minimum Gasteiger partial charge on any atom is -0.394 e. The van der Waals surface area contributed by atoms with E-state index in [1.165, 1.54) is 24.1 Å². The van der Waals surface area contributed by atoms with Gasteiger partial charge in [-0.1, -0.05) is 0 Å². The van der Waals surface area contributed by atoms with Crippen molar-refractivity contribution in [1.82, 2.24) is 14.7 Å². The van der Waals surface area contributed by atoms with Crippen LogP contribution >= 0.6 is 0 Å². The standard InChI is InChI=1S/C13H23N3O2/c1-15(6-8-18-9-7-17)12-4-3-5-13-11(12)10-14-16(13)2/h10,12,17H,3-9H2,1-2H3. The van der Waals surface area contributed by atoms with Crippen molar-refractivity contribution in [1.29, 1.82) is 0 Å². The first-order valence-electron chi connectivity index (χ1n) is 6.63. The number of nitrogens with zero attached hydrogens (tertiary/aromatic N) is 3. The molecule has 102 valence electrons. The number of rotatable bonds is 6. The lowest BCUT2D eigenvalue weighted by Crippen LogP contribution is -2.30. The van der Waals surface area contributed by atoms with Crippen molar-refractivity contribution in [2.45, 2.75) is 25.3 Å². The highest BCUT2D eigenvalue weighted by molar-refractivity contribution is 5.24. The summed E-state index contributed by atoms with van der Waals surface area (Å²) in [5, 5.41) is 13.0. The quantitative estimate of drug-likeness (QED) is 0.760. The van der Waals surface area contributed by atoms with E-state index in [-0.39, 0.29) is 6.61 Å². The molecule has 0 amide bonds. The molecule has 5 nitrogen and oxygen atoms in total. The van der Waals surface area contributed by atoms with Crippen molar-refractivity contribution >= 4 is 0 Å². The van der Waals surface area contributed by atoms with Gasteiger partial charge in [0.1, 0.15) is 0 Å². The first-order chi connectivity index (χ1) is 8.74. The number of likely N-dealkylation sites (N-methyl/N-ethyl adjacent to an activating group) is 1. The van der Waals surface area contributed by atoms with Gasteiger partial charge in [-0.3, -0.25) is 9.58 Å². The lowest BCUT2D eigenvalue weighted by molar-refractivity contribution is 0.0682. The summed E-state index contributed by atoms with van der Waals surface area (Å²) in [4.78, 5) is 2.33. The van der Waals surface area contributed by atoms with Gasteiger partial charge in [-0.15, -0.1) is 0 Å². The van der Waals surface area contributed by atoms with Crippen molar-refractivity contribution < 1.29 is 9.84 Å². The summed E-state index contributed by atoms with van der Waals surface area (Å²) in [6, 6.07) is 0.458. The molecule has 0 fully saturated rings. The maximum Gasteiger partial charge on any atom is 0.0698 e. The molecule has 1 unspecified atom stereocenters. The highest BCUT2D eigenvalue weighted by Gasteiger charge is 2.26.